The van der Waals surface area contributed by atoms with Crippen molar-refractivity contribution in [2.75, 3.05) is 0 Å². The molecule has 0 amide bonds. The summed E-state index contributed by atoms with van der Waals surface area (Å²) < 4.78 is 0.901. The molecule has 0 aliphatic heterocycles. The summed E-state index contributed by atoms with van der Waals surface area (Å²) >= 11 is -0.261. The second kappa shape index (κ2) is 7.56. The average Bonchev–Trinajstić information content (AvgIpc) is 2.78. The van der Waals surface area contributed by atoms with Gasteiger partial charge in [-0.3, -0.25) is 0 Å². The van der Waals surface area contributed by atoms with Gasteiger partial charge in [-0.2, -0.15) is 0 Å². The van der Waals surface area contributed by atoms with Crippen LogP contribution < -0.4 is 12.4 Å². The average molecular weight is 385 g/mol. The van der Waals surface area contributed by atoms with E-state index in [0.717, 1.165) is 3.63 Å². The van der Waals surface area contributed by atoms with Crippen LogP contribution in [0.2, 0.25) is 16.7 Å². The van der Waals surface area contributed by atoms with Crippen LogP contribution in [0.5, 0.6) is 0 Å². The van der Waals surface area contributed by atoms with E-state index in [0.29, 0.717) is 0 Å². The quantitative estimate of drug-likeness (QED) is 0.651. The van der Waals surface area contributed by atoms with Crippen molar-refractivity contribution >= 4 is 5.92 Å². The Morgan fingerprint density at radius 1 is 0.900 bits per heavy atom. The van der Waals surface area contributed by atoms with E-state index in [-0.39, 0.29) is 40.7 Å². The smallest absolute Gasteiger partial charge is 1.00 e. The minimum atomic E-state index is -0.381. The maximum atomic E-state index is 2.56. The Morgan fingerprint density at radius 2 is 1.30 bits per heavy atom. The fourth-order valence-electron chi connectivity index (χ4n) is 3.31. The first-order valence-corrected chi connectivity index (χ1v) is 15.9. The first-order valence-electron chi connectivity index (χ1n) is 7.38. The normalized spacial score (nSPS) is 18.6. The summed E-state index contributed by atoms with van der Waals surface area (Å²) in [6.45, 7) is 14.4. The molecule has 0 saturated carbocycles. The van der Waals surface area contributed by atoms with E-state index in [2.05, 4.69) is 52.9 Å². The third-order valence-corrected chi connectivity index (χ3v) is 14.2. The number of rotatable bonds is 4. The zero-order valence-electron chi connectivity index (χ0n) is 13.6. The molecular weight excluding hydrogens is 359 g/mol. The van der Waals surface area contributed by atoms with Gasteiger partial charge in [0.05, 0.1) is 0 Å². The second-order valence-corrected chi connectivity index (χ2v) is 21.5. The Balaban J connectivity index is 0.00000200. The van der Waals surface area contributed by atoms with E-state index in [9.17, 15) is 0 Å². The van der Waals surface area contributed by atoms with Gasteiger partial charge in [0.2, 0.25) is 0 Å². The van der Waals surface area contributed by atoms with Crippen LogP contribution in [0.4, 0.5) is 0 Å². The van der Waals surface area contributed by atoms with Crippen LogP contribution in [-0.4, -0.2) is 5.92 Å². The molecule has 20 heavy (non-hydrogen) atoms. The van der Waals surface area contributed by atoms with E-state index >= 15 is 0 Å². The van der Waals surface area contributed by atoms with Crippen LogP contribution in [0.3, 0.4) is 0 Å². The summed E-state index contributed by atoms with van der Waals surface area (Å²) in [4.78, 5) is 0. The van der Waals surface area contributed by atoms with Gasteiger partial charge >= 0.3 is 131 Å². The third kappa shape index (κ3) is 4.18. The van der Waals surface area contributed by atoms with E-state index in [1.54, 1.807) is 33.4 Å². The summed E-state index contributed by atoms with van der Waals surface area (Å²) in [6, 6.07) is 0. The number of allylic oxidation sites excluding steroid dienone is 8. The van der Waals surface area contributed by atoms with E-state index in [1.165, 1.54) is 12.8 Å². The summed E-state index contributed by atoms with van der Waals surface area (Å²) in [6.07, 6.45) is 7.37. The van der Waals surface area contributed by atoms with Crippen molar-refractivity contribution in [2.24, 2.45) is 0 Å². The topological polar surface area (TPSA) is 0 Å². The molecule has 0 unspecified atom stereocenters. The van der Waals surface area contributed by atoms with E-state index < -0.39 is 0 Å². The Hall–Kier alpha value is 0.350. The molecule has 0 radical (unpaired) electrons. The molecule has 0 spiro atoms. The molecule has 0 aromatic rings. The van der Waals surface area contributed by atoms with Crippen molar-refractivity contribution in [3.63, 3.8) is 0 Å². The molecule has 0 heterocycles. The molecule has 0 fully saturated rings. The van der Waals surface area contributed by atoms with Crippen LogP contribution in [0.1, 0.15) is 40.5 Å². The molecule has 0 N–H and O–H groups in total. The van der Waals surface area contributed by atoms with Gasteiger partial charge < -0.3 is 12.4 Å². The Labute approximate surface area is 143 Å². The van der Waals surface area contributed by atoms with Crippen molar-refractivity contribution in [3.05, 3.63) is 45.6 Å². The van der Waals surface area contributed by atoms with Gasteiger partial charge in [0.25, 0.3) is 0 Å². The first kappa shape index (κ1) is 18.4. The summed E-state index contributed by atoms with van der Waals surface area (Å²) in [5.41, 5.74) is 9.91. The van der Waals surface area contributed by atoms with Gasteiger partial charge in [-0.15, -0.1) is 0 Å². The van der Waals surface area contributed by atoms with Crippen LogP contribution in [-0.2, 0) is 22.4 Å². The van der Waals surface area contributed by atoms with Gasteiger partial charge in [0, 0.05) is 0 Å². The molecule has 0 saturated heterocycles. The molecule has 2 aliphatic carbocycles. The van der Waals surface area contributed by atoms with Crippen molar-refractivity contribution in [3.8, 4) is 0 Å². The predicted molar refractivity (Wildman–Crippen MR) is 84.8 cm³/mol. The van der Waals surface area contributed by atoms with Crippen LogP contribution >= 0.6 is 0 Å². The van der Waals surface area contributed by atoms with Crippen molar-refractivity contribution in [2.45, 2.75) is 57.3 Å². The van der Waals surface area contributed by atoms with Crippen LogP contribution in [0.15, 0.2) is 45.6 Å². The minimum Gasteiger partial charge on any atom is -1.00 e. The van der Waals surface area contributed by atoms with Gasteiger partial charge in [0.1, 0.15) is 0 Å². The molecular formula is C17H26ClSiZr. The van der Waals surface area contributed by atoms with Crippen molar-refractivity contribution < 1.29 is 34.8 Å². The van der Waals surface area contributed by atoms with Crippen molar-refractivity contribution in [1.29, 1.82) is 0 Å². The van der Waals surface area contributed by atoms with Crippen molar-refractivity contribution in [1.82, 2.24) is 0 Å². The molecule has 0 nitrogen and oxygen atoms in total. The SMILES string of the molecule is CC1=CC(C)=C([CH]([Zr+][SiH](C)C)C2=C(C)C=C(C)C2)C1.[Cl-]. The fourth-order valence-corrected chi connectivity index (χ4v) is 13.9. The molecule has 3 heteroatoms. The Morgan fingerprint density at radius 3 is 1.55 bits per heavy atom. The molecule has 0 aromatic heterocycles. The predicted octanol–water partition coefficient (Wildman–Crippen LogP) is 2.18. The number of hydrogen-bond donors (Lipinski definition) is 0. The standard InChI is InChI=1S/C15H19.C2H7Si.ClH.Zr/c1-10-5-12(3)14(7-10)9-15-8-11(2)6-13(15)4;1-3-2;;/h5-6,9H,7-8H2,1-4H3;3H,1-2H3;1H;/q;;;+1/p-1. The van der Waals surface area contributed by atoms with Gasteiger partial charge in [0.15, 0.2) is 0 Å². The molecule has 0 aromatic carbocycles. The van der Waals surface area contributed by atoms with Gasteiger partial charge in [-0.05, 0) is 0 Å². The van der Waals surface area contributed by atoms with Crippen LogP contribution in [0, 0.1) is 0 Å². The summed E-state index contributed by atoms with van der Waals surface area (Å²) in [5, 5.41) is 0. The second-order valence-electron chi connectivity index (χ2n) is 6.51. The van der Waals surface area contributed by atoms with E-state index in [1.807, 2.05) is 0 Å². The Bertz CT molecular complexity index is 467. The fraction of sp³-hybridized carbons (Fsp3) is 0.529. The molecule has 2 rings (SSSR count). The number of halogens is 1. The van der Waals surface area contributed by atoms with E-state index in [4.69, 9.17) is 0 Å². The monoisotopic (exact) mass is 383 g/mol. The summed E-state index contributed by atoms with van der Waals surface area (Å²) in [5.74, 6) is -0.381. The minimum absolute atomic E-state index is 0. The molecule has 2 aliphatic rings. The maximum absolute atomic E-state index is 2.56. The summed E-state index contributed by atoms with van der Waals surface area (Å²) in [7, 11) is 0. The molecule has 0 bridgehead atoms. The van der Waals surface area contributed by atoms with Gasteiger partial charge in [-0.1, -0.05) is 0 Å². The van der Waals surface area contributed by atoms with Crippen LogP contribution in [0.25, 0.3) is 0 Å². The first-order chi connectivity index (χ1) is 8.88. The maximum Gasteiger partial charge on any atom is -1.00 e. The largest absolute Gasteiger partial charge is 1.00 e. The van der Waals surface area contributed by atoms with Gasteiger partial charge in [-0.25, -0.2) is 0 Å². The molecule has 0 atom stereocenters. The molecule has 109 valence electrons. The Kier molecular flexibility index (Phi) is 6.96. The number of hydrogen-bond acceptors (Lipinski definition) is 0. The zero-order valence-corrected chi connectivity index (χ0v) is 18.0. The zero-order chi connectivity index (χ0) is 14.2. The third-order valence-electron chi connectivity index (χ3n) is 4.07.